The van der Waals surface area contributed by atoms with Crippen LogP contribution in [0.3, 0.4) is 0 Å². The van der Waals surface area contributed by atoms with E-state index in [4.69, 9.17) is 0 Å². The average molecular weight is 492 g/mol. The van der Waals surface area contributed by atoms with Crippen LogP contribution in [0, 0.1) is 0 Å². The van der Waals surface area contributed by atoms with Gasteiger partial charge < -0.3 is 5.32 Å². The Bertz CT molecular complexity index is 1170. The molecule has 1 atom stereocenters. The molecule has 1 N–H and O–H groups in total. The molecule has 0 fully saturated rings. The topological polar surface area (TPSA) is 42.0 Å². The van der Waals surface area contributed by atoms with Gasteiger partial charge in [0.05, 0.1) is 28.4 Å². The Hall–Kier alpha value is -3.57. The van der Waals surface area contributed by atoms with Crippen molar-refractivity contribution in [2.75, 3.05) is 0 Å². The molecule has 12 heteroatoms. The smallest absolute Gasteiger partial charge is 0.340 e. The fraction of sp³-hybridized carbons (Fsp3) is 0.182. The van der Waals surface area contributed by atoms with E-state index < -0.39 is 58.4 Å². The minimum atomic E-state index is -4.94. The lowest BCUT2D eigenvalue weighted by molar-refractivity contribution is -0.139. The van der Waals surface area contributed by atoms with Gasteiger partial charge in [0.2, 0.25) is 0 Å². The van der Waals surface area contributed by atoms with Crippen LogP contribution in [-0.2, 0) is 18.5 Å². The molecule has 3 rings (SSSR count). The number of hydrogen-bond donors (Lipinski definition) is 1. The molecule has 1 unspecified atom stereocenters. The maximum absolute atomic E-state index is 13.6. The summed E-state index contributed by atoms with van der Waals surface area (Å²) in [6, 6.07) is 5.99. The van der Waals surface area contributed by atoms with Crippen LogP contribution in [0.4, 0.5) is 39.5 Å². The molecule has 0 radical (unpaired) electrons. The molecule has 0 aliphatic heterocycles. The van der Waals surface area contributed by atoms with Gasteiger partial charge in [0.15, 0.2) is 0 Å². The van der Waals surface area contributed by atoms with E-state index in [0.717, 1.165) is 36.5 Å². The largest absolute Gasteiger partial charge is 0.418 e. The van der Waals surface area contributed by atoms with Gasteiger partial charge in [-0.1, -0.05) is 18.2 Å². The first-order valence-electron chi connectivity index (χ1n) is 9.35. The molecule has 1 amide bonds. The lowest BCUT2D eigenvalue weighted by Gasteiger charge is -2.23. The predicted octanol–water partition coefficient (Wildman–Crippen LogP) is 6.66. The van der Waals surface area contributed by atoms with E-state index in [2.05, 4.69) is 10.3 Å². The van der Waals surface area contributed by atoms with E-state index in [1.165, 1.54) is 0 Å². The molecular formula is C22H13F9N2O. The molecular weight excluding hydrogens is 479 g/mol. The summed E-state index contributed by atoms with van der Waals surface area (Å²) in [6.45, 7) is 0. The van der Waals surface area contributed by atoms with Crippen molar-refractivity contribution in [2.24, 2.45) is 0 Å². The van der Waals surface area contributed by atoms with Gasteiger partial charge in [-0.2, -0.15) is 39.5 Å². The summed E-state index contributed by atoms with van der Waals surface area (Å²) in [5.41, 5.74) is -4.98. The summed E-state index contributed by atoms with van der Waals surface area (Å²) in [5.74, 6) is -1.19. The van der Waals surface area contributed by atoms with Gasteiger partial charge in [0.1, 0.15) is 0 Å². The zero-order chi connectivity index (χ0) is 25.3. The Balaban J connectivity index is 2.08. The van der Waals surface area contributed by atoms with Gasteiger partial charge in [-0.25, -0.2) is 0 Å². The lowest BCUT2D eigenvalue weighted by Crippen LogP contribution is -2.32. The molecule has 1 aromatic heterocycles. The summed E-state index contributed by atoms with van der Waals surface area (Å²) in [6.07, 6.45) is -13.5. The molecule has 0 spiro atoms. The summed E-state index contributed by atoms with van der Waals surface area (Å²) < 4.78 is 118. The van der Waals surface area contributed by atoms with Crippen molar-refractivity contribution < 1.29 is 44.3 Å². The minimum absolute atomic E-state index is 0.197. The first kappa shape index (κ1) is 25.1. The SMILES string of the molecule is O=C(NC(c1ccc(C(F)(F)F)cc1)c1ncccc1C(F)(F)F)c1cccc(C(F)(F)F)c1. The molecule has 3 aromatic rings. The van der Waals surface area contributed by atoms with Crippen molar-refractivity contribution in [3.8, 4) is 0 Å². The van der Waals surface area contributed by atoms with Crippen LogP contribution in [0.25, 0.3) is 0 Å². The van der Waals surface area contributed by atoms with Crippen LogP contribution in [0.1, 0.15) is 44.3 Å². The van der Waals surface area contributed by atoms with E-state index in [9.17, 15) is 44.3 Å². The van der Waals surface area contributed by atoms with Gasteiger partial charge in [-0.05, 0) is 48.0 Å². The number of rotatable bonds is 4. The normalized spacial score (nSPS) is 13.4. The highest BCUT2D eigenvalue weighted by Crippen LogP contribution is 2.37. The molecule has 180 valence electrons. The first-order chi connectivity index (χ1) is 15.7. The number of alkyl halides is 9. The second-order valence-corrected chi connectivity index (χ2v) is 7.04. The average Bonchev–Trinajstić information content (AvgIpc) is 2.76. The Morgan fingerprint density at radius 1 is 0.735 bits per heavy atom. The quantitative estimate of drug-likeness (QED) is 0.414. The summed E-state index contributed by atoms with van der Waals surface area (Å²) in [7, 11) is 0. The van der Waals surface area contributed by atoms with Gasteiger partial charge in [-0.3, -0.25) is 9.78 Å². The molecule has 1 heterocycles. The maximum atomic E-state index is 13.6. The maximum Gasteiger partial charge on any atom is 0.418 e. The number of pyridine rings is 1. The number of carbonyl (C=O) groups excluding carboxylic acids is 1. The molecule has 0 saturated heterocycles. The summed E-state index contributed by atoms with van der Waals surface area (Å²) in [5, 5.41) is 2.17. The van der Waals surface area contributed by atoms with Crippen molar-refractivity contribution in [2.45, 2.75) is 24.6 Å². The van der Waals surface area contributed by atoms with E-state index in [1.807, 2.05) is 0 Å². The van der Waals surface area contributed by atoms with Crippen LogP contribution >= 0.6 is 0 Å². The number of halogens is 9. The lowest BCUT2D eigenvalue weighted by atomic mass is 9.97. The Kier molecular flexibility index (Phi) is 6.63. The van der Waals surface area contributed by atoms with E-state index >= 15 is 0 Å². The van der Waals surface area contributed by atoms with Crippen molar-refractivity contribution in [3.63, 3.8) is 0 Å². The van der Waals surface area contributed by atoms with Crippen LogP contribution in [0.15, 0.2) is 66.9 Å². The number of amides is 1. The molecule has 34 heavy (non-hydrogen) atoms. The molecule has 0 aliphatic rings. The minimum Gasteiger partial charge on any atom is -0.340 e. The molecule has 3 nitrogen and oxygen atoms in total. The second-order valence-electron chi connectivity index (χ2n) is 7.04. The Morgan fingerprint density at radius 2 is 1.35 bits per heavy atom. The fourth-order valence-corrected chi connectivity index (χ4v) is 3.11. The first-order valence-corrected chi connectivity index (χ1v) is 9.35. The van der Waals surface area contributed by atoms with Gasteiger partial charge in [0, 0.05) is 11.8 Å². The Morgan fingerprint density at radius 3 is 1.91 bits per heavy atom. The third-order valence-electron chi connectivity index (χ3n) is 4.72. The van der Waals surface area contributed by atoms with Gasteiger partial charge in [-0.15, -0.1) is 0 Å². The summed E-state index contributed by atoms with van der Waals surface area (Å²) >= 11 is 0. The van der Waals surface area contributed by atoms with E-state index in [-0.39, 0.29) is 5.56 Å². The van der Waals surface area contributed by atoms with Crippen molar-refractivity contribution in [1.82, 2.24) is 10.3 Å². The number of carbonyl (C=O) groups is 1. The fourth-order valence-electron chi connectivity index (χ4n) is 3.11. The zero-order valence-electron chi connectivity index (χ0n) is 16.7. The summed E-state index contributed by atoms with van der Waals surface area (Å²) in [4.78, 5) is 16.4. The van der Waals surface area contributed by atoms with Crippen LogP contribution < -0.4 is 5.32 Å². The highest BCUT2D eigenvalue weighted by atomic mass is 19.4. The predicted molar refractivity (Wildman–Crippen MR) is 101 cm³/mol. The number of hydrogen-bond acceptors (Lipinski definition) is 2. The number of aromatic nitrogens is 1. The molecule has 0 aliphatic carbocycles. The van der Waals surface area contributed by atoms with E-state index in [0.29, 0.717) is 30.3 Å². The van der Waals surface area contributed by atoms with Gasteiger partial charge >= 0.3 is 18.5 Å². The molecule has 0 saturated carbocycles. The van der Waals surface area contributed by atoms with Gasteiger partial charge in [0.25, 0.3) is 5.91 Å². The third-order valence-corrected chi connectivity index (χ3v) is 4.72. The standard InChI is InChI=1S/C22H13F9N2O/c23-20(24,25)14-8-6-12(7-9-14)17(18-16(22(29,30)31)5-2-10-32-18)33-19(34)13-3-1-4-15(11-13)21(26,27)28/h1-11,17H,(H,33,34). The molecule has 2 aromatic carbocycles. The van der Waals surface area contributed by atoms with Crippen molar-refractivity contribution in [3.05, 3.63) is 100 Å². The second kappa shape index (κ2) is 8.99. The highest BCUT2D eigenvalue weighted by molar-refractivity contribution is 5.94. The zero-order valence-corrected chi connectivity index (χ0v) is 16.7. The highest BCUT2D eigenvalue weighted by Gasteiger charge is 2.38. The number of benzene rings is 2. The monoisotopic (exact) mass is 492 g/mol. The number of nitrogens with one attached hydrogen (secondary N) is 1. The number of nitrogens with zero attached hydrogens (tertiary/aromatic N) is 1. The van der Waals surface area contributed by atoms with Crippen molar-refractivity contribution >= 4 is 5.91 Å². The van der Waals surface area contributed by atoms with Crippen LogP contribution in [0.5, 0.6) is 0 Å². The Labute approximate surface area is 186 Å². The third kappa shape index (κ3) is 5.67. The molecule has 0 bridgehead atoms. The van der Waals surface area contributed by atoms with Crippen LogP contribution in [-0.4, -0.2) is 10.9 Å². The van der Waals surface area contributed by atoms with Crippen molar-refractivity contribution in [1.29, 1.82) is 0 Å². The van der Waals surface area contributed by atoms with E-state index in [1.54, 1.807) is 0 Å². The van der Waals surface area contributed by atoms with Crippen LogP contribution in [0.2, 0.25) is 0 Å².